The number of H-pyrrole nitrogens is 1. The molecule has 0 aliphatic rings. The molecule has 1 heterocycles. The number of oxazole rings is 1. The second kappa shape index (κ2) is 6.43. The monoisotopic (exact) mass is 295 g/mol. The molecule has 0 saturated heterocycles. The molecule has 2 aromatic carbocycles. The van der Waals surface area contributed by atoms with Crippen LogP contribution in [0.5, 0.6) is 0 Å². The molecule has 0 spiro atoms. The lowest BCUT2D eigenvalue weighted by atomic mass is 10.0. The number of aromatic amines is 1. The largest absolute Gasteiger partial charge is 0.417 e. The maximum absolute atomic E-state index is 12.2. The fourth-order valence-corrected chi connectivity index (χ4v) is 2.52. The second-order valence-electron chi connectivity index (χ2n) is 5.34. The van der Waals surface area contributed by atoms with Gasteiger partial charge in [-0.2, -0.15) is 0 Å². The minimum Gasteiger partial charge on any atom is -0.408 e. The molecule has 0 aliphatic carbocycles. The number of rotatable bonds is 6. The van der Waals surface area contributed by atoms with Crippen LogP contribution in [0.1, 0.15) is 35.2 Å². The Morgan fingerprint density at radius 1 is 1.05 bits per heavy atom. The van der Waals surface area contributed by atoms with Crippen molar-refractivity contribution in [2.24, 2.45) is 0 Å². The Hall–Kier alpha value is -2.62. The van der Waals surface area contributed by atoms with E-state index in [4.69, 9.17) is 4.42 Å². The van der Waals surface area contributed by atoms with Crippen molar-refractivity contribution in [1.29, 1.82) is 0 Å². The van der Waals surface area contributed by atoms with Crippen LogP contribution in [0.15, 0.2) is 57.7 Å². The van der Waals surface area contributed by atoms with Gasteiger partial charge in [-0.3, -0.25) is 9.78 Å². The van der Waals surface area contributed by atoms with E-state index in [1.165, 1.54) is 5.56 Å². The van der Waals surface area contributed by atoms with Crippen LogP contribution in [0.2, 0.25) is 0 Å². The van der Waals surface area contributed by atoms with Gasteiger partial charge >= 0.3 is 5.76 Å². The quantitative estimate of drug-likeness (QED) is 0.557. The molecule has 0 aliphatic heterocycles. The Balaban J connectivity index is 1.55. The van der Waals surface area contributed by atoms with Crippen LogP contribution < -0.4 is 5.76 Å². The van der Waals surface area contributed by atoms with E-state index < -0.39 is 5.76 Å². The zero-order valence-electron chi connectivity index (χ0n) is 12.2. The Morgan fingerprint density at radius 2 is 1.86 bits per heavy atom. The number of fused-ring (bicyclic) bond motifs is 1. The lowest BCUT2D eigenvalue weighted by Gasteiger charge is -2.02. The Kier molecular flexibility index (Phi) is 4.19. The third-order valence-corrected chi connectivity index (χ3v) is 3.71. The highest BCUT2D eigenvalue weighted by Crippen LogP contribution is 2.15. The van der Waals surface area contributed by atoms with Crippen molar-refractivity contribution in [3.63, 3.8) is 0 Å². The SMILES string of the molecule is O=C(CCCCc1ccccc1)c1ccc2[nH]c(=O)oc2c1. The molecule has 0 unspecified atom stereocenters. The number of ketones is 1. The van der Waals surface area contributed by atoms with Crippen LogP contribution in [0.3, 0.4) is 0 Å². The summed E-state index contributed by atoms with van der Waals surface area (Å²) in [4.78, 5) is 25.8. The van der Waals surface area contributed by atoms with Gasteiger partial charge in [-0.15, -0.1) is 0 Å². The summed E-state index contributed by atoms with van der Waals surface area (Å²) in [5.41, 5.74) is 2.94. The van der Waals surface area contributed by atoms with Crippen molar-refractivity contribution < 1.29 is 9.21 Å². The van der Waals surface area contributed by atoms with Gasteiger partial charge in [0.1, 0.15) is 0 Å². The molecule has 0 saturated carbocycles. The lowest BCUT2D eigenvalue weighted by molar-refractivity contribution is 0.0979. The molecule has 0 amide bonds. The fraction of sp³-hybridized carbons (Fsp3) is 0.222. The first-order valence-corrected chi connectivity index (χ1v) is 7.42. The van der Waals surface area contributed by atoms with E-state index in [0.29, 0.717) is 23.1 Å². The van der Waals surface area contributed by atoms with Crippen LogP contribution >= 0.6 is 0 Å². The average Bonchev–Trinajstić information content (AvgIpc) is 2.91. The summed E-state index contributed by atoms with van der Waals surface area (Å²) in [5.74, 6) is -0.415. The van der Waals surface area contributed by atoms with Gasteiger partial charge in [0.25, 0.3) is 0 Å². The molecule has 3 rings (SSSR count). The Bertz CT molecular complexity index is 830. The molecule has 4 heteroatoms. The summed E-state index contributed by atoms with van der Waals surface area (Å²) in [5, 5.41) is 0. The summed E-state index contributed by atoms with van der Waals surface area (Å²) in [6, 6.07) is 15.3. The lowest BCUT2D eigenvalue weighted by Crippen LogP contribution is -1.99. The van der Waals surface area contributed by atoms with Crippen LogP contribution in [-0.2, 0) is 6.42 Å². The maximum atomic E-state index is 12.2. The van der Waals surface area contributed by atoms with Crippen molar-refractivity contribution in [2.75, 3.05) is 0 Å². The van der Waals surface area contributed by atoms with Gasteiger partial charge < -0.3 is 4.42 Å². The van der Waals surface area contributed by atoms with Gasteiger partial charge in [0.2, 0.25) is 0 Å². The standard InChI is InChI=1S/C18H17NO3/c20-16(9-5-4-8-13-6-2-1-3-7-13)14-10-11-15-17(12-14)22-18(21)19-15/h1-3,6-7,10-12H,4-5,8-9H2,(H,19,21). The molecule has 22 heavy (non-hydrogen) atoms. The van der Waals surface area contributed by atoms with Gasteiger partial charge in [0.15, 0.2) is 11.4 Å². The van der Waals surface area contributed by atoms with Gasteiger partial charge in [-0.25, -0.2) is 4.79 Å². The molecule has 0 fully saturated rings. The predicted octanol–water partition coefficient (Wildman–Crippen LogP) is 3.72. The number of nitrogens with one attached hydrogen (secondary N) is 1. The third kappa shape index (κ3) is 3.34. The summed E-state index contributed by atoms with van der Waals surface area (Å²) in [6.45, 7) is 0. The number of carbonyl (C=O) groups excluding carboxylic acids is 1. The van der Waals surface area contributed by atoms with Crippen molar-refractivity contribution >= 4 is 16.9 Å². The molecule has 1 N–H and O–H groups in total. The van der Waals surface area contributed by atoms with E-state index in [0.717, 1.165) is 19.3 Å². The highest BCUT2D eigenvalue weighted by molar-refractivity contribution is 5.98. The molecule has 0 atom stereocenters. The number of aromatic nitrogens is 1. The minimum absolute atomic E-state index is 0.0822. The number of aryl methyl sites for hydroxylation is 1. The van der Waals surface area contributed by atoms with Crippen LogP contribution in [0.4, 0.5) is 0 Å². The zero-order valence-corrected chi connectivity index (χ0v) is 12.2. The van der Waals surface area contributed by atoms with Crippen molar-refractivity contribution in [1.82, 2.24) is 4.98 Å². The van der Waals surface area contributed by atoms with E-state index in [1.807, 2.05) is 18.2 Å². The summed E-state index contributed by atoms with van der Waals surface area (Å²) >= 11 is 0. The van der Waals surface area contributed by atoms with Crippen LogP contribution in [0, 0.1) is 0 Å². The predicted molar refractivity (Wildman–Crippen MR) is 85.2 cm³/mol. The maximum Gasteiger partial charge on any atom is 0.417 e. The fourth-order valence-electron chi connectivity index (χ4n) is 2.52. The van der Waals surface area contributed by atoms with Gasteiger partial charge in [0, 0.05) is 12.0 Å². The van der Waals surface area contributed by atoms with E-state index >= 15 is 0 Å². The third-order valence-electron chi connectivity index (χ3n) is 3.71. The van der Waals surface area contributed by atoms with Crippen LogP contribution in [-0.4, -0.2) is 10.8 Å². The van der Waals surface area contributed by atoms with Gasteiger partial charge in [-0.05, 0) is 43.0 Å². The Morgan fingerprint density at radius 3 is 2.68 bits per heavy atom. The topological polar surface area (TPSA) is 63.1 Å². The number of benzene rings is 2. The molecule has 1 aromatic heterocycles. The highest BCUT2D eigenvalue weighted by atomic mass is 16.4. The molecule has 3 aromatic rings. The summed E-state index contributed by atoms with van der Waals surface area (Å²) in [7, 11) is 0. The molecular formula is C18H17NO3. The molecule has 112 valence electrons. The number of hydrogen-bond donors (Lipinski definition) is 1. The number of carbonyl (C=O) groups is 1. The van der Waals surface area contributed by atoms with Crippen molar-refractivity contribution in [3.05, 3.63) is 70.2 Å². The number of unbranched alkanes of at least 4 members (excludes halogenated alkanes) is 1. The zero-order chi connectivity index (χ0) is 15.4. The van der Waals surface area contributed by atoms with Crippen molar-refractivity contribution in [3.8, 4) is 0 Å². The second-order valence-corrected chi connectivity index (χ2v) is 5.34. The summed E-state index contributed by atoms with van der Waals surface area (Å²) < 4.78 is 4.98. The molecular weight excluding hydrogens is 278 g/mol. The first-order valence-electron chi connectivity index (χ1n) is 7.42. The van der Waals surface area contributed by atoms with Gasteiger partial charge in [-0.1, -0.05) is 30.3 Å². The average molecular weight is 295 g/mol. The molecule has 0 radical (unpaired) electrons. The number of Topliss-reactive ketones (excluding diaryl/α,β-unsaturated/α-hetero) is 1. The summed E-state index contributed by atoms with van der Waals surface area (Å²) in [6.07, 6.45) is 3.33. The van der Waals surface area contributed by atoms with Crippen molar-refractivity contribution in [2.45, 2.75) is 25.7 Å². The Labute approximate surface area is 127 Å². The first kappa shape index (κ1) is 14.3. The minimum atomic E-state index is -0.498. The van der Waals surface area contributed by atoms with E-state index in [1.54, 1.807) is 18.2 Å². The molecule has 4 nitrogen and oxygen atoms in total. The van der Waals surface area contributed by atoms with E-state index in [9.17, 15) is 9.59 Å². The first-order chi connectivity index (χ1) is 10.7. The van der Waals surface area contributed by atoms with Crippen LogP contribution in [0.25, 0.3) is 11.1 Å². The highest BCUT2D eigenvalue weighted by Gasteiger charge is 2.09. The smallest absolute Gasteiger partial charge is 0.408 e. The van der Waals surface area contributed by atoms with E-state index in [-0.39, 0.29) is 5.78 Å². The van der Waals surface area contributed by atoms with Gasteiger partial charge in [0.05, 0.1) is 5.52 Å². The normalized spacial score (nSPS) is 10.9. The van der Waals surface area contributed by atoms with E-state index in [2.05, 4.69) is 17.1 Å². The molecule has 0 bridgehead atoms. The number of hydrogen-bond acceptors (Lipinski definition) is 3.